The Morgan fingerprint density at radius 1 is 0.500 bits per heavy atom. The summed E-state index contributed by atoms with van der Waals surface area (Å²) in [5, 5.41) is 0. The minimum Gasteiger partial charge on any atom is -0.744 e. The number of benzene rings is 4. The smallest absolute Gasteiger partial charge is 0.744 e. The van der Waals surface area contributed by atoms with Gasteiger partial charge in [0.25, 0.3) is 0 Å². The van der Waals surface area contributed by atoms with E-state index in [-0.39, 0.29) is 30.2 Å². The normalized spacial score (nSPS) is 13.2. The van der Waals surface area contributed by atoms with Crippen LogP contribution in [-0.2, 0) is 40.7 Å². The molecule has 0 saturated carbocycles. The Labute approximate surface area is 326 Å². The van der Waals surface area contributed by atoms with Crippen molar-refractivity contribution in [2.24, 2.45) is 0 Å². The van der Waals surface area contributed by atoms with Gasteiger partial charge in [-0.15, -0.1) is 0 Å². The van der Waals surface area contributed by atoms with Gasteiger partial charge in [0, 0.05) is 24.5 Å². The Hall–Kier alpha value is -3.04. The number of hydrogen-bond acceptors (Lipinski definition) is 8. The van der Waals surface area contributed by atoms with Crippen LogP contribution < -0.4 is 9.80 Å². The van der Waals surface area contributed by atoms with Crippen LogP contribution in [-0.4, -0.2) is 39.0 Å². The van der Waals surface area contributed by atoms with Crippen molar-refractivity contribution >= 4 is 31.6 Å². The van der Waals surface area contributed by atoms with Gasteiger partial charge in [0.05, 0.1) is 9.79 Å². The molecule has 0 N–H and O–H groups in total. The van der Waals surface area contributed by atoms with Gasteiger partial charge in [-0.1, -0.05) is 127 Å². The Balaban J connectivity index is 0.000000333. The van der Waals surface area contributed by atoms with Crippen LogP contribution in [0.15, 0.2) is 94.7 Å². The Morgan fingerprint density at radius 2 is 0.750 bits per heavy atom. The molecule has 1 aliphatic rings. The largest absolute Gasteiger partial charge is 2.00 e. The molecule has 5 rings (SSSR count). The van der Waals surface area contributed by atoms with Crippen LogP contribution in [0, 0.1) is 20.5 Å². The minimum atomic E-state index is -4.27. The van der Waals surface area contributed by atoms with E-state index in [0.717, 1.165) is 24.2 Å². The number of hydrogen-bond donors (Lipinski definition) is 0. The molecular formula is C41H52N2O6PdS2. The first kappa shape index (κ1) is 45.1. The van der Waals surface area contributed by atoms with Crippen molar-refractivity contribution in [1.29, 1.82) is 0 Å². The van der Waals surface area contributed by atoms with Gasteiger partial charge in [-0.3, -0.25) is 0 Å². The molecule has 0 aromatic heterocycles. The Morgan fingerprint density at radius 3 is 0.962 bits per heavy atom. The topological polar surface area (TPSA) is 121 Å². The van der Waals surface area contributed by atoms with Crippen molar-refractivity contribution in [3.8, 4) is 0 Å². The summed E-state index contributed by atoms with van der Waals surface area (Å²) >= 11 is 0. The van der Waals surface area contributed by atoms with Gasteiger partial charge in [-0.25, -0.2) is 16.8 Å². The second kappa shape index (κ2) is 19.3. The van der Waals surface area contributed by atoms with Crippen LogP contribution in [0.1, 0.15) is 112 Å². The molecule has 4 aromatic carbocycles. The van der Waals surface area contributed by atoms with Gasteiger partial charge in [-0.2, -0.15) is 0 Å². The molecule has 1 fully saturated rings. The summed E-state index contributed by atoms with van der Waals surface area (Å²) in [7, 11) is -8.54. The van der Waals surface area contributed by atoms with Crippen LogP contribution in [0.4, 0.5) is 11.4 Å². The summed E-state index contributed by atoms with van der Waals surface area (Å²) in [6, 6.07) is 25.2. The van der Waals surface area contributed by atoms with E-state index in [0.29, 0.717) is 23.7 Å². The van der Waals surface area contributed by atoms with E-state index >= 15 is 0 Å². The first-order valence-electron chi connectivity index (χ1n) is 17.3. The van der Waals surface area contributed by atoms with E-state index in [4.69, 9.17) is 0 Å². The van der Waals surface area contributed by atoms with E-state index in [9.17, 15) is 25.9 Å². The van der Waals surface area contributed by atoms with E-state index < -0.39 is 20.2 Å². The van der Waals surface area contributed by atoms with Crippen molar-refractivity contribution in [2.45, 2.75) is 103 Å². The molecule has 11 heteroatoms. The zero-order valence-electron chi connectivity index (χ0n) is 31.8. The predicted molar refractivity (Wildman–Crippen MR) is 205 cm³/mol. The average molecular weight is 839 g/mol. The van der Waals surface area contributed by atoms with E-state index in [1.165, 1.54) is 57.9 Å². The minimum absolute atomic E-state index is 0. The molecule has 8 nitrogen and oxygen atoms in total. The molecule has 2 radical (unpaired) electrons. The molecule has 1 heterocycles. The Bertz CT molecular complexity index is 1760. The summed E-state index contributed by atoms with van der Waals surface area (Å²) in [5.74, 6) is 1.98. The predicted octanol–water partition coefficient (Wildman–Crippen LogP) is 9.30. The maximum atomic E-state index is 10.4. The molecule has 0 unspecified atom stereocenters. The summed E-state index contributed by atoms with van der Waals surface area (Å²) < 4.78 is 62.3. The summed E-state index contributed by atoms with van der Waals surface area (Å²) in [6.45, 7) is 27.7. The Kier molecular flexibility index (Phi) is 16.8. The van der Waals surface area contributed by atoms with Crippen LogP contribution in [0.25, 0.3) is 0 Å². The molecular weight excluding hydrogens is 787 g/mol. The first-order valence-corrected chi connectivity index (χ1v) is 20.2. The molecule has 0 spiro atoms. The summed E-state index contributed by atoms with van der Waals surface area (Å²) in [4.78, 5) is 4.41. The van der Waals surface area contributed by atoms with Crippen molar-refractivity contribution < 1.29 is 46.4 Å². The van der Waals surface area contributed by atoms with Crippen LogP contribution in [0.3, 0.4) is 0 Å². The number of aryl methyl sites for hydroxylation is 2. The van der Waals surface area contributed by atoms with E-state index in [1.54, 1.807) is 24.3 Å². The standard InChI is InChI=1S/C27H38N2.2C7H8O3S.Pd/c1-18(2)22-11-9-12-23(19(3)4)26(22)28-15-16-29(17-28)27-24(20(5)6)13-10-14-25(27)21(7)8;2*1-6-2-4-7(5-3-6)11(8,9)10;/h9-14,18-21H,15-16H2,1-8H3;2*2-5H,1H3,(H,8,9,10);/q;;;+2/p-2. The first-order chi connectivity index (χ1) is 23.7. The molecule has 52 heavy (non-hydrogen) atoms. The molecule has 0 atom stereocenters. The second-order valence-electron chi connectivity index (χ2n) is 14.1. The third-order valence-electron chi connectivity index (χ3n) is 8.63. The molecule has 4 aromatic rings. The van der Waals surface area contributed by atoms with Gasteiger partial charge >= 0.3 is 20.4 Å². The third-order valence-corrected chi connectivity index (χ3v) is 10.3. The molecule has 0 aliphatic carbocycles. The number of nitrogens with zero attached hydrogens (tertiary/aromatic N) is 2. The van der Waals surface area contributed by atoms with Gasteiger partial charge in [0.2, 0.25) is 6.67 Å². The maximum absolute atomic E-state index is 10.4. The van der Waals surface area contributed by atoms with Crippen LogP contribution in [0.5, 0.6) is 0 Å². The zero-order valence-corrected chi connectivity index (χ0v) is 35.0. The van der Waals surface area contributed by atoms with Crippen molar-refractivity contribution in [3.05, 3.63) is 125 Å². The molecule has 1 aliphatic heterocycles. The molecule has 1 saturated heterocycles. The fourth-order valence-electron chi connectivity index (χ4n) is 5.83. The van der Waals surface area contributed by atoms with Crippen molar-refractivity contribution in [2.75, 3.05) is 22.9 Å². The zero-order chi connectivity index (χ0) is 38.3. The SMILES string of the molecule is CC(C)c1cccc(C(C)C)c1N1[C]N(c2c(C(C)C)cccc2C(C)C)CC1.Cc1ccc(S(=O)(=O)[O-])cc1.Cc1ccc(S(=O)(=O)[O-])cc1.[Pd+2]. The van der Waals surface area contributed by atoms with Crippen LogP contribution in [0.2, 0.25) is 0 Å². The van der Waals surface area contributed by atoms with Gasteiger partial charge in [0.1, 0.15) is 20.2 Å². The quantitative estimate of drug-likeness (QED) is 0.127. The monoisotopic (exact) mass is 838 g/mol. The van der Waals surface area contributed by atoms with Crippen molar-refractivity contribution in [1.82, 2.24) is 0 Å². The van der Waals surface area contributed by atoms with Crippen LogP contribution >= 0.6 is 0 Å². The molecule has 284 valence electrons. The van der Waals surface area contributed by atoms with Gasteiger partial charge in [0.15, 0.2) is 0 Å². The third kappa shape index (κ3) is 12.3. The molecule has 0 bridgehead atoms. The number of rotatable bonds is 8. The number of anilines is 2. The fourth-order valence-corrected chi connectivity index (χ4v) is 6.76. The van der Waals surface area contributed by atoms with Crippen molar-refractivity contribution in [3.63, 3.8) is 0 Å². The van der Waals surface area contributed by atoms with Gasteiger partial charge < -0.3 is 18.9 Å². The maximum Gasteiger partial charge on any atom is 2.00 e. The van der Waals surface area contributed by atoms with Gasteiger partial charge in [-0.05, 0) is 84.0 Å². The fraction of sp³-hybridized carbons (Fsp3) is 0.390. The van der Waals surface area contributed by atoms with E-state index in [1.807, 2.05) is 13.8 Å². The number of para-hydroxylation sites is 2. The average Bonchev–Trinajstić information content (AvgIpc) is 3.54. The summed E-state index contributed by atoms with van der Waals surface area (Å²) in [6.07, 6.45) is 0. The van der Waals surface area contributed by atoms with E-state index in [2.05, 4.69) is 108 Å². The summed E-state index contributed by atoms with van der Waals surface area (Å²) in [5.41, 5.74) is 10.3. The molecule has 0 amide bonds. The second-order valence-corrected chi connectivity index (χ2v) is 16.9.